The summed E-state index contributed by atoms with van der Waals surface area (Å²) in [7, 11) is 3.86. The van der Waals surface area contributed by atoms with E-state index < -0.39 is 0 Å². The molecule has 3 heteroatoms. The third-order valence-corrected chi connectivity index (χ3v) is 3.46. The van der Waals surface area contributed by atoms with E-state index in [1.54, 1.807) is 7.11 Å². The van der Waals surface area contributed by atoms with Gasteiger partial charge in [-0.3, -0.25) is 4.90 Å². The predicted molar refractivity (Wildman–Crippen MR) is 64.7 cm³/mol. The van der Waals surface area contributed by atoms with Gasteiger partial charge in [-0.1, -0.05) is 6.42 Å². The van der Waals surface area contributed by atoms with Gasteiger partial charge in [-0.15, -0.1) is 0 Å². The summed E-state index contributed by atoms with van der Waals surface area (Å²) in [5.41, 5.74) is 2.63. The lowest BCUT2D eigenvalue weighted by molar-refractivity contribution is 0.186. The van der Waals surface area contributed by atoms with Crippen LogP contribution in [-0.2, 0) is 0 Å². The van der Waals surface area contributed by atoms with Gasteiger partial charge in [0.15, 0.2) is 0 Å². The topological polar surface area (TPSA) is 25.4 Å². The molecule has 0 spiro atoms. The summed E-state index contributed by atoms with van der Waals surface area (Å²) >= 11 is 0. The van der Waals surface area contributed by atoms with Gasteiger partial charge in [0, 0.05) is 18.3 Å². The van der Waals surface area contributed by atoms with Crippen LogP contribution >= 0.6 is 0 Å². The summed E-state index contributed by atoms with van der Waals surface area (Å²) in [5, 5.41) is 0. The number of rotatable bonds is 2. The fourth-order valence-electron chi connectivity index (χ4n) is 2.47. The normalized spacial score (nSPS) is 22.1. The predicted octanol–water partition coefficient (Wildman–Crippen LogP) is 2.56. The number of piperidine rings is 1. The Hall–Kier alpha value is -1.09. The third kappa shape index (κ3) is 2.19. The summed E-state index contributed by atoms with van der Waals surface area (Å²) in [6, 6.07) is 2.56. The second kappa shape index (κ2) is 4.83. The molecule has 0 bridgehead atoms. The van der Waals surface area contributed by atoms with Crippen LogP contribution in [0.4, 0.5) is 0 Å². The van der Waals surface area contributed by atoms with Gasteiger partial charge in [-0.2, -0.15) is 0 Å². The summed E-state index contributed by atoms with van der Waals surface area (Å²) in [6.07, 6.45) is 5.85. The van der Waals surface area contributed by atoms with E-state index >= 15 is 0 Å². The number of aryl methyl sites for hydroxylation is 1. The Morgan fingerprint density at radius 3 is 2.88 bits per heavy atom. The molecule has 0 aliphatic carbocycles. The molecule has 3 nitrogen and oxygen atoms in total. The first-order valence-corrected chi connectivity index (χ1v) is 5.93. The van der Waals surface area contributed by atoms with Crippen molar-refractivity contribution < 1.29 is 4.74 Å². The molecule has 1 aromatic rings. The number of hydrogen-bond donors (Lipinski definition) is 0. The van der Waals surface area contributed by atoms with Gasteiger partial charge in [-0.25, -0.2) is 4.98 Å². The summed E-state index contributed by atoms with van der Waals surface area (Å²) in [4.78, 5) is 6.75. The minimum Gasteiger partial charge on any atom is -0.481 e. The molecule has 2 heterocycles. The molecule has 0 amide bonds. The lowest BCUT2D eigenvalue weighted by atomic mass is 9.94. The molecule has 0 radical (unpaired) electrons. The summed E-state index contributed by atoms with van der Waals surface area (Å²) < 4.78 is 5.14. The van der Waals surface area contributed by atoms with Crippen molar-refractivity contribution in [2.24, 2.45) is 0 Å². The van der Waals surface area contributed by atoms with E-state index in [-0.39, 0.29) is 0 Å². The molecular formula is C13H20N2O. The highest BCUT2D eigenvalue weighted by Crippen LogP contribution is 2.31. The average molecular weight is 220 g/mol. The van der Waals surface area contributed by atoms with Crippen LogP contribution in [0.3, 0.4) is 0 Å². The van der Waals surface area contributed by atoms with E-state index in [0.717, 1.165) is 0 Å². The highest BCUT2D eigenvalue weighted by Gasteiger charge is 2.22. The van der Waals surface area contributed by atoms with E-state index in [1.165, 1.54) is 36.9 Å². The van der Waals surface area contributed by atoms with Crippen molar-refractivity contribution in [2.75, 3.05) is 20.7 Å². The molecule has 0 aromatic carbocycles. The molecular weight excluding hydrogens is 200 g/mol. The van der Waals surface area contributed by atoms with Gasteiger partial charge in [0.1, 0.15) is 0 Å². The molecule has 16 heavy (non-hydrogen) atoms. The minimum absolute atomic E-state index is 0.534. The van der Waals surface area contributed by atoms with Crippen molar-refractivity contribution in [3.63, 3.8) is 0 Å². The van der Waals surface area contributed by atoms with Crippen LogP contribution in [-0.4, -0.2) is 30.6 Å². The number of hydrogen-bond acceptors (Lipinski definition) is 3. The zero-order chi connectivity index (χ0) is 11.5. The van der Waals surface area contributed by atoms with Gasteiger partial charge in [-0.05, 0) is 44.5 Å². The average Bonchev–Trinajstić information content (AvgIpc) is 2.30. The first-order valence-electron chi connectivity index (χ1n) is 5.93. The van der Waals surface area contributed by atoms with Crippen molar-refractivity contribution in [1.29, 1.82) is 0 Å². The van der Waals surface area contributed by atoms with E-state index in [0.29, 0.717) is 11.9 Å². The maximum absolute atomic E-state index is 5.14. The number of ether oxygens (including phenoxy) is 1. The number of aromatic nitrogens is 1. The largest absolute Gasteiger partial charge is 0.481 e. The van der Waals surface area contributed by atoms with Gasteiger partial charge in [0.05, 0.1) is 7.11 Å². The molecule has 1 aliphatic heterocycles. The Balaban J connectivity index is 2.25. The second-order valence-electron chi connectivity index (χ2n) is 4.58. The van der Waals surface area contributed by atoms with Gasteiger partial charge < -0.3 is 4.74 Å². The van der Waals surface area contributed by atoms with Crippen LogP contribution in [0.25, 0.3) is 0 Å². The van der Waals surface area contributed by atoms with Crippen LogP contribution in [0.2, 0.25) is 0 Å². The van der Waals surface area contributed by atoms with Crippen molar-refractivity contribution in [1.82, 2.24) is 9.88 Å². The molecule has 1 unspecified atom stereocenters. The Labute approximate surface area is 97.4 Å². The fraction of sp³-hybridized carbons (Fsp3) is 0.615. The molecule has 2 rings (SSSR count). The molecule has 1 atom stereocenters. The number of pyridine rings is 1. The zero-order valence-electron chi connectivity index (χ0n) is 10.4. The monoisotopic (exact) mass is 220 g/mol. The first-order chi connectivity index (χ1) is 7.72. The van der Waals surface area contributed by atoms with Gasteiger partial charge in [0.25, 0.3) is 0 Å². The van der Waals surface area contributed by atoms with Crippen LogP contribution < -0.4 is 4.74 Å². The standard InChI is InChI=1S/C13H20N2O/c1-10-8-13(16-3)14-9-11(10)12-6-4-5-7-15(12)2/h8-9,12H,4-7H2,1-3H3. The Morgan fingerprint density at radius 1 is 1.44 bits per heavy atom. The van der Waals surface area contributed by atoms with Gasteiger partial charge in [0.2, 0.25) is 5.88 Å². The molecule has 1 saturated heterocycles. The maximum Gasteiger partial charge on any atom is 0.213 e. The highest BCUT2D eigenvalue weighted by atomic mass is 16.5. The van der Waals surface area contributed by atoms with Gasteiger partial charge >= 0.3 is 0 Å². The van der Waals surface area contributed by atoms with E-state index in [4.69, 9.17) is 4.74 Å². The molecule has 88 valence electrons. The van der Waals surface area contributed by atoms with E-state index in [2.05, 4.69) is 23.9 Å². The highest BCUT2D eigenvalue weighted by molar-refractivity contribution is 5.30. The number of likely N-dealkylation sites (tertiary alicyclic amines) is 1. The van der Waals surface area contributed by atoms with E-state index in [9.17, 15) is 0 Å². The van der Waals surface area contributed by atoms with Crippen LogP contribution in [0, 0.1) is 6.92 Å². The van der Waals surface area contributed by atoms with Crippen molar-refractivity contribution in [3.05, 3.63) is 23.4 Å². The Bertz CT molecular complexity index is 365. The Kier molecular flexibility index (Phi) is 3.44. The lowest BCUT2D eigenvalue weighted by Crippen LogP contribution is -2.30. The molecule has 1 aromatic heterocycles. The maximum atomic E-state index is 5.14. The van der Waals surface area contributed by atoms with Crippen LogP contribution in [0.15, 0.2) is 12.3 Å². The number of nitrogens with zero attached hydrogens (tertiary/aromatic N) is 2. The van der Waals surface area contributed by atoms with Crippen molar-refractivity contribution >= 4 is 0 Å². The lowest BCUT2D eigenvalue weighted by Gasteiger charge is -2.33. The summed E-state index contributed by atoms with van der Waals surface area (Å²) in [6.45, 7) is 3.33. The molecule has 1 fully saturated rings. The van der Waals surface area contributed by atoms with Crippen molar-refractivity contribution in [2.45, 2.75) is 32.2 Å². The molecule has 0 saturated carbocycles. The first kappa shape index (κ1) is 11.4. The summed E-state index contributed by atoms with van der Waals surface area (Å²) in [5.74, 6) is 0.708. The molecule has 1 aliphatic rings. The smallest absolute Gasteiger partial charge is 0.213 e. The van der Waals surface area contributed by atoms with Crippen molar-refractivity contribution in [3.8, 4) is 5.88 Å². The zero-order valence-corrected chi connectivity index (χ0v) is 10.4. The number of methoxy groups -OCH3 is 1. The quantitative estimate of drug-likeness (QED) is 0.766. The molecule has 0 N–H and O–H groups in total. The van der Waals surface area contributed by atoms with Crippen LogP contribution in [0.5, 0.6) is 5.88 Å². The van der Waals surface area contributed by atoms with Crippen LogP contribution in [0.1, 0.15) is 36.4 Å². The third-order valence-electron chi connectivity index (χ3n) is 3.46. The second-order valence-corrected chi connectivity index (χ2v) is 4.58. The minimum atomic E-state index is 0.534. The Morgan fingerprint density at radius 2 is 2.25 bits per heavy atom. The SMILES string of the molecule is COc1cc(C)c(C2CCCCN2C)cn1. The van der Waals surface area contributed by atoms with E-state index in [1.807, 2.05) is 12.3 Å². The fourth-order valence-corrected chi connectivity index (χ4v) is 2.47.